The molecule has 1 aliphatic heterocycles. The van der Waals surface area contributed by atoms with E-state index in [1.807, 2.05) is 18.2 Å². The van der Waals surface area contributed by atoms with Crippen molar-refractivity contribution >= 4 is 23.0 Å². The van der Waals surface area contributed by atoms with Gasteiger partial charge in [0, 0.05) is 19.6 Å². The van der Waals surface area contributed by atoms with Crippen LogP contribution >= 0.6 is 11.6 Å². The number of anilines is 2. The van der Waals surface area contributed by atoms with E-state index in [1.54, 1.807) is 0 Å². The minimum Gasteiger partial charge on any atom is -0.397 e. The molecule has 2 rings (SSSR count). The fraction of sp³-hybridized carbons (Fsp3) is 0.538. The number of piperidine rings is 1. The summed E-state index contributed by atoms with van der Waals surface area (Å²) >= 11 is 6.24. The quantitative estimate of drug-likeness (QED) is 0.822. The first kappa shape index (κ1) is 12.5. The topological polar surface area (TPSA) is 32.5 Å². The summed E-state index contributed by atoms with van der Waals surface area (Å²) in [4.78, 5) is 4.59. The van der Waals surface area contributed by atoms with Crippen molar-refractivity contribution in [2.75, 3.05) is 37.8 Å². The molecule has 1 aliphatic rings. The average Bonchev–Trinajstić information content (AvgIpc) is 2.28. The number of halogens is 1. The molecule has 4 heteroatoms. The van der Waals surface area contributed by atoms with Gasteiger partial charge in [0.25, 0.3) is 0 Å². The van der Waals surface area contributed by atoms with Gasteiger partial charge in [0.1, 0.15) is 0 Å². The Morgan fingerprint density at radius 3 is 2.88 bits per heavy atom. The van der Waals surface area contributed by atoms with Gasteiger partial charge in [0.2, 0.25) is 0 Å². The van der Waals surface area contributed by atoms with E-state index in [-0.39, 0.29) is 0 Å². The smallest absolute Gasteiger partial charge is 0.0789 e. The zero-order chi connectivity index (χ0) is 12.4. The molecule has 0 amide bonds. The van der Waals surface area contributed by atoms with Gasteiger partial charge in [0.15, 0.2) is 0 Å². The van der Waals surface area contributed by atoms with Gasteiger partial charge >= 0.3 is 0 Å². The number of rotatable bonds is 2. The first-order chi connectivity index (χ1) is 8.09. The molecule has 17 heavy (non-hydrogen) atoms. The molecule has 0 radical (unpaired) electrons. The van der Waals surface area contributed by atoms with Gasteiger partial charge in [-0.25, -0.2) is 0 Å². The van der Waals surface area contributed by atoms with Crippen LogP contribution in [0.25, 0.3) is 0 Å². The van der Waals surface area contributed by atoms with Crippen molar-refractivity contribution in [1.82, 2.24) is 4.90 Å². The summed E-state index contributed by atoms with van der Waals surface area (Å²) in [5.41, 5.74) is 7.75. The van der Waals surface area contributed by atoms with Gasteiger partial charge in [0.05, 0.1) is 16.4 Å². The van der Waals surface area contributed by atoms with Gasteiger partial charge in [-0.05, 0) is 38.6 Å². The maximum atomic E-state index is 6.24. The van der Waals surface area contributed by atoms with Crippen molar-refractivity contribution in [3.05, 3.63) is 23.2 Å². The Bertz CT molecular complexity index is 374. The lowest BCUT2D eigenvalue weighted by atomic mass is 10.0. The molecule has 1 heterocycles. The second kappa shape index (κ2) is 5.15. The fourth-order valence-electron chi connectivity index (χ4n) is 2.54. The maximum Gasteiger partial charge on any atom is 0.0789 e. The van der Waals surface area contributed by atoms with Crippen LogP contribution in [0.1, 0.15) is 12.8 Å². The second-order valence-corrected chi connectivity index (χ2v) is 5.25. The van der Waals surface area contributed by atoms with Crippen LogP contribution in [-0.4, -0.2) is 38.1 Å². The molecule has 1 atom stereocenters. The molecule has 3 nitrogen and oxygen atoms in total. The summed E-state index contributed by atoms with van der Waals surface area (Å²) in [5.74, 6) is 0. The molecule has 1 aromatic carbocycles. The van der Waals surface area contributed by atoms with E-state index in [0.29, 0.717) is 6.04 Å². The predicted molar refractivity (Wildman–Crippen MR) is 74.8 cm³/mol. The van der Waals surface area contributed by atoms with Crippen molar-refractivity contribution in [3.63, 3.8) is 0 Å². The first-order valence-corrected chi connectivity index (χ1v) is 6.42. The number of hydrogen-bond donors (Lipinski definition) is 1. The van der Waals surface area contributed by atoms with Gasteiger partial charge < -0.3 is 15.5 Å². The summed E-state index contributed by atoms with van der Waals surface area (Å²) in [6, 6.07) is 6.19. The third-order valence-electron chi connectivity index (χ3n) is 3.52. The van der Waals surface area contributed by atoms with Crippen molar-refractivity contribution in [3.8, 4) is 0 Å². The van der Waals surface area contributed by atoms with E-state index < -0.39 is 0 Å². The van der Waals surface area contributed by atoms with Crippen LogP contribution in [0.5, 0.6) is 0 Å². The Morgan fingerprint density at radius 2 is 2.24 bits per heavy atom. The highest BCUT2D eigenvalue weighted by Crippen LogP contribution is 2.33. The maximum absolute atomic E-state index is 6.24. The molecule has 0 aliphatic carbocycles. The van der Waals surface area contributed by atoms with Gasteiger partial charge in [-0.3, -0.25) is 0 Å². The molecule has 0 spiro atoms. The lowest BCUT2D eigenvalue weighted by Crippen LogP contribution is -2.45. The molecule has 1 aromatic rings. The van der Waals surface area contributed by atoms with Crippen molar-refractivity contribution < 1.29 is 0 Å². The Hall–Kier alpha value is -0.930. The summed E-state index contributed by atoms with van der Waals surface area (Å²) in [7, 11) is 4.25. The number of likely N-dealkylation sites (N-methyl/N-ethyl adjacent to an activating group) is 2. The SMILES string of the molecule is CN1CCCC(N(C)c2c(N)cccc2Cl)C1. The summed E-state index contributed by atoms with van der Waals surface area (Å²) < 4.78 is 0. The van der Waals surface area contributed by atoms with E-state index in [4.69, 9.17) is 17.3 Å². The number of hydrogen-bond acceptors (Lipinski definition) is 3. The molecular formula is C13H20ClN3. The van der Waals surface area contributed by atoms with E-state index in [2.05, 4.69) is 23.9 Å². The number of para-hydroxylation sites is 1. The summed E-state index contributed by atoms with van der Waals surface area (Å²) in [6.07, 6.45) is 2.43. The van der Waals surface area contributed by atoms with Gasteiger partial charge in [-0.2, -0.15) is 0 Å². The minimum absolute atomic E-state index is 0.496. The predicted octanol–water partition coefficient (Wildman–Crippen LogP) is 2.45. The van der Waals surface area contributed by atoms with Crippen LogP contribution < -0.4 is 10.6 Å². The first-order valence-electron chi connectivity index (χ1n) is 6.05. The molecular weight excluding hydrogens is 234 g/mol. The fourth-order valence-corrected chi connectivity index (χ4v) is 2.86. The largest absolute Gasteiger partial charge is 0.397 e. The Kier molecular flexibility index (Phi) is 3.79. The molecule has 0 bridgehead atoms. The van der Waals surface area contributed by atoms with Crippen LogP contribution in [0.2, 0.25) is 5.02 Å². The average molecular weight is 254 g/mol. The molecule has 2 N–H and O–H groups in total. The number of nitrogens with zero attached hydrogens (tertiary/aromatic N) is 2. The number of benzene rings is 1. The van der Waals surface area contributed by atoms with Crippen molar-refractivity contribution in [1.29, 1.82) is 0 Å². The van der Waals surface area contributed by atoms with E-state index in [0.717, 1.165) is 22.9 Å². The molecule has 0 aromatic heterocycles. The zero-order valence-corrected chi connectivity index (χ0v) is 11.2. The highest BCUT2D eigenvalue weighted by molar-refractivity contribution is 6.34. The number of nitrogens with two attached hydrogens (primary N) is 1. The Morgan fingerprint density at radius 1 is 1.47 bits per heavy atom. The Balaban J connectivity index is 2.21. The lowest BCUT2D eigenvalue weighted by Gasteiger charge is -2.37. The molecule has 1 saturated heterocycles. The highest BCUT2D eigenvalue weighted by atomic mass is 35.5. The van der Waals surface area contributed by atoms with Crippen LogP contribution in [0.4, 0.5) is 11.4 Å². The standard InChI is InChI=1S/C13H20ClN3/c1-16-8-4-5-10(9-16)17(2)13-11(14)6-3-7-12(13)15/h3,6-7,10H,4-5,8-9,15H2,1-2H3. The second-order valence-electron chi connectivity index (χ2n) is 4.85. The van der Waals surface area contributed by atoms with Crippen LogP contribution in [0, 0.1) is 0 Å². The Labute approximate surface area is 108 Å². The van der Waals surface area contributed by atoms with E-state index in [1.165, 1.54) is 19.4 Å². The molecule has 1 fully saturated rings. The molecule has 94 valence electrons. The monoisotopic (exact) mass is 253 g/mol. The zero-order valence-electron chi connectivity index (χ0n) is 10.5. The minimum atomic E-state index is 0.496. The van der Waals surface area contributed by atoms with Crippen LogP contribution in [0.15, 0.2) is 18.2 Å². The third kappa shape index (κ3) is 2.67. The molecule has 0 saturated carbocycles. The highest BCUT2D eigenvalue weighted by Gasteiger charge is 2.23. The summed E-state index contributed by atoms with van der Waals surface area (Å²) in [6.45, 7) is 2.25. The third-order valence-corrected chi connectivity index (χ3v) is 3.82. The van der Waals surface area contributed by atoms with Crippen molar-refractivity contribution in [2.45, 2.75) is 18.9 Å². The van der Waals surface area contributed by atoms with E-state index >= 15 is 0 Å². The lowest BCUT2D eigenvalue weighted by molar-refractivity contribution is 0.248. The number of nitrogen functional groups attached to an aromatic ring is 1. The van der Waals surface area contributed by atoms with Crippen LogP contribution in [0.3, 0.4) is 0 Å². The van der Waals surface area contributed by atoms with Crippen LogP contribution in [-0.2, 0) is 0 Å². The van der Waals surface area contributed by atoms with Crippen molar-refractivity contribution in [2.24, 2.45) is 0 Å². The normalized spacial score (nSPS) is 21.5. The van der Waals surface area contributed by atoms with Gasteiger partial charge in [-0.1, -0.05) is 17.7 Å². The molecule has 1 unspecified atom stereocenters. The summed E-state index contributed by atoms with van der Waals surface area (Å²) in [5, 5.41) is 0.737. The van der Waals surface area contributed by atoms with Gasteiger partial charge in [-0.15, -0.1) is 0 Å². The van der Waals surface area contributed by atoms with E-state index in [9.17, 15) is 0 Å². The number of likely N-dealkylation sites (tertiary alicyclic amines) is 1.